The van der Waals surface area contributed by atoms with Crippen molar-refractivity contribution in [1.82, 2.24) is 20.4 Å². The summed E-state index contributed by atoms with van der Waals surface area (Å²) >= 11 is 0. The van der Waals surface area contributed by atoms with Crippen LogP contribution in [0.25, 0.3) is 0 Å². The molecule has 146 valence electrons. The van der Waals surface area contributed by atoms with E-state index in [1.165, 1.54) is 0 Å². The predicted octanol–water partition coefficient (Wildman–Crippen LogP) is 1.62. The maximum Gasteiger partial charge on any atom is 0.317 e. The molecule has 2 saturated heterocycles. The van der Waals surface area contributed by atoms with E-state index in [2.05, 4.69) is 10.6 Å². The van der Waals surface area contributed by atoms with Gasteiger partial charge in [-0.05, 0) is 51.4 Å². The van der Waals surface area contributed by atoms with E-state index in [9.17, 15) is 14.4 Å². The lowest BCUT2D eigenvalue weighted by Gasteiger charge is -2.40. The zero-order valence-electron chi connectivity index (χ0n) is 15.8. The highest BCUT2D eigenvalue weighted by atomic mass is 16.2. The lowest BCUT2D eigenvalue weighted by Crippen LogP contribution is -2.53. The number of urea groups is 1. The van der Waals surface area contributed by atoms with Crippen molar-refractivity contribution in [2.75, 3.05) is 19.6 Å². The van der Waals surface area contributed by atoms with Crippen LogP contribution in [0, 0.1) is 0 Å². The van der Waals surface area contributed by atoms with Crippen LogP contribution in [-0.4, -0.2) is 65.4 Å². The van der Waals surface area contributed by atoms with E-state index >= 15 is 0 Å². The zero-order chi connectivity index (χ0) is 18.5. The normalized spacial score (nSPS) is 28.0. The molecule has 0 spiro atoms. The Morgan fingerprint density at radius 2 is 1.50 bits per heavy atom. The standard InChI is InChI=1S/C19H32N4O3/c1-14(24)20-15-5-7-16(8-6-15)21-19(26)22-12-9-17(10-13-22)23-11-3-2-4-18(23)25/h15-17H,2-13H2,1H3,(H,20,24)(H,21,26). The second-order valence-corrected chi connectivity index (χ2v) is 7.96. The van der Waals surface area contributed by atoms with Crippen molar-refractivity contribution in [3.8, 4) is 0 Å². The quantitative estimate of drug-likeness (QED) is 0.798. The number of hydrogen-bond acceptors (Lipinski definition) is 3. The molecule has 26 heavy (non-hydrogen) atoms. The highest BCUT2D eigenvalue weighted by Gasteiger charge is 2.31. The van der Waals surface area contributed by atoms with Crippen molar-refractivity contribution in [3.63, 3.8) is 0 Å². The van der Waals surface area contributed by atoms with Crippen LogP contribution in [0.15, 0.2) is 0 Å². The molecule has 2 aliphatic heterocycles. The van der Waals surface area contributed by atoms with E-state index in [4.69, 9.17) is 0 Å². The molecule has 2 N–H and O–H groups in total. The fourth-order valence-electron chi connectivity index (χ4n) is 4.53. The molecule has 0 radical (unpaired) electrons. The van der Waals surface area contributed by atoms with Crippen molar-refractivity contribution < 1.29 is 14.4 Å². The van der Waals surface area contributed by atoms with Crippen molar-refractivity contribution in [2.24, 2.45) is 0 Å². The molecule has 0 unspecified atom stereocenters. The monoisotopic (exact) mass is 364 g/mol. The van der Waals surface area contributed by atoms with Gasteiger partial charge in [-0.2, -0.15) is 0 Å². The van der Waals surface area contributed by atoms with Crippen molar-refractivity contribution in [1.29, 1.82) is 0 Å². The summed E-state index contributed by atoms with van der Waals surface area (Å²) in [7, 11) is 0. The number of nitrogens with one attached hydrogen (secondary N) is 2. The number of amides is 4. The lowest BCUT2D eigenvalue weighted by atomic mass is 9.91. The molecule has 0 aromatic rings. The van der Waals surface area contributed by atoms with Crippen molar-refractivity contribution >= 4 is 17.8 Å². The molecular formula is C19H32N4O3. The molecule has 3 aliphatic rings. The van der Waals surface area contributed by atoms with Crippen LogP contribution >= 0.6 is 0 Å². The van der Waals surface area contributed by atoms with Crippen LogP contribution in [0.2, 0.25) is 0 Å². The minimum Gasteiger partial charge on any atom is -0.354 e. The Balaban J connectivity index is 1.39. The number of rotatable bonds is 3. The van der Waals surface area contributed by atoms with E-state index in [-0.39, 0.29) is 29.9 Å². The molecule has 3 rings (SSSR count). The summed E-state index contributed by atoms with van der Waals surface area (Å²) in [6.45, 7) is 3.88. The number of hydrogen-bond donors (Lipinski definition) is 2. The fourth-order valence-corrected chi connectivity index (χ4v) is 4.53. The zero-order valence-corrected chi connectivity index (χ0v) is 15.8. The van der Waals surface area contributed by atoms with Crippen LogP contribution in [0.4, 0.5) is 4.79 Å². The van der Waals surface area contributed by atoms with Gasteiger partial charge in [0.25, 0.3) is 0 Å². The highest BCUT2D eigenvalue weighted by Crippen LogP contribution is 2.23. The second kappa shape index (κ2) is 8.73. The summed E-state index contributed by atoms with van der Waals surface area (Å²) in [5.41, 5.74) is 0. The van der Waals surface area contributed by atoms with Gasteiger partial charge in [0.05, 0.1) is 0 Å². The summed E-state index contributed by atoms with van der Waals surface area (Å²) in [6.07, 6.45) is 8.23. The molecule has 7 nitrogen and oxygen atoms in total. The second-order valence-electron chi connectivity index (χ2n) is 7.96. The summed E-state index contributed by atoms with van der Waals surface area (Å²) in [4.78, 5) is 39.7. The van der Waals surface area contributed by atoms with Crippen LogP contribution < -0.4 is 10.6 Å². The fraction of sp³-hybridized carbons (Fsp3) is 0.842. The van der Waals surface area contributed by atoms with Crippen LogP contribution in [0.1, 0.15) is 64.7 Å². The predicted molar refractivity (Wildman–Crippen MR) is 98.6 cm³/mol. The van der Waals surface area contributed by atoms with E-state index < -0.39 is 0 Å². The minimum absolute atomic E-state index is 0.0209. The minimum atomic E-state index is 0.0209. The molecular weight excluding hydrogens is 332 g/mol. The molecule has 3 fully saturated rings. The third kappa shape index (κ3) is 4.89. The molecule has 1 saturated carbocycles. The van der Waals surface area contributed by atoms with Gasteiger partial charge in [0.15, 0.2) is 0 Å². The number of nitrogens with zero attached hydrogens (tertiary/aromatic N) is 2. The molecule has 7 heteroatoms. The maximum absolute atomic E-state index is 12.5. The first-order chi connectivity index (χ1) is 12.5. The number of carbonyl (C=O) groups is 3. The van der Waals surface area contributed by atoms with Crippen LogP contribution in [0.5, 0.6) is 0 Å². The van der Waals surface area contributed by atoms with Gasteiger partial charge in [-0.15, -0.1) is 0 Å². The number of carbonyl (C=O) groups excluding carboxylic acids is 3. The smallest absolute Gasteiger partial charge is 0.317 e. The molecule has 0 bridgehead atoms. The van der Waals surface area contributed by atoms with E-state index in [1.807, 2.05) is 9.80 Å². The summed E-state index contributed by atoms with van der Waals surface area (Å²) in [6, 6.07) is 0.781. The van der Waals surface area contributed by atoms with Crippen molar-refractivity contribution in [3.05, 3.63) is 0 Å². The van der Waals surface area contributed by atoms with Gasteiger partial charge in [0.1, 0.15) is 0 Å². The first kappa shape index (κ1) is 19.0. The molecule has 0 aromatic carbocycles. The van der Waals surface area contributed by atoms with Gasteiger partial charge >= 0.3 is 6.03 Å². The highest BCUT2D eigenvalue weighted by molar-refractivity contribution is 5.77. The summed E-state index contributed by atoms with van der Waals surface area (Å²) < 4.78 is 0. The summed E-state index contributed by atoms with van der Waals surface area (Å²) in [5.74, 6) is 0.308. The number of likely N-dealkylation sites (tertiary alicyclic amines) is 2. The molecule has 2 heterocycles. The third-order valence-corrected chi connectivity index (χ3v) is 6.01. The van der Waals surface area contributed by atoms with Crippen LogP contribution in [-0.2, 0) is 9.59 Å². The van der Waals surface area contributed by atoms with Gasteiger partial charge in [-0.3, -0.25) is 9.59 Å². The van der Waals surface area contributed by atoms with Crippen LogP contribution in [0.3, 0.4) is 0 Å². The van der Waals surface area contributed by atoms with Gasteiger partial charge in [-0.1, -0.05) is 0 Å². The maximum atomic E-state index is 12.5. The molecule has 0 atom stereocenters. The Labute approximate surface area is 155 Å². The Kier molecular flexibility index (Phi) is 6.38. The SMILES string of the molecule is CC(=O)NC1CCC(NC(=O)N2CCC(N3CCCCC3=O)CC2)CC1. The third-order valence-electron chi connectivity index (χ3n) is 6.01. The Bertz CT molecular complexity index is 523. The van der Waals surface area contributed by atoms with E-state index in [1.54, 1.807) is 6.92 Å². The first-order valence-electron chi connectivity index (χ1n) is 10.1. The molecule has 0 aromatic heterocycles. The molecule has 1 aliphatic carbocycles. The topological polar surface area (TPSA) is 81.8 Å². The Morgan fingerprint density at radius 1 is 0.885 bits per heavy atom. The first-order valence-corrected chi connectivity index (χ1v) is 10.1. The van der Waals surface area contributed by atoms with Gasteiger partial charge in [-0.25, -0.2) is 4.79 Å². The largest absolute Gasteiger partial charge is 0.354 e. The number of piperidine rings is 2. The van der Waals surface area contributed by atoms with E-state index in [0.29, 0.717) is 12.5 Å². The lowest BCUT2D eigenvalue weighted by molar-refractivity contribution is -0.136. The Morgan fingerprint density at radius 3 is 2.08 bits per heavy atom. The van der Waals surface area contributed by atoms with Gasteiger partial charge in [0, 0.05) is 51.1 Å². The average molecular weight is 364 g/mol. The molecule has 4 amide bonds. The summed E-state index contributed by atoms with van der Waals surface area (Å²) in [5, 5.41) is 6.12. The van der Waals surface area contributed by atoms with Gasteiger partial charge in [0.2, 0.25) is 11.8 Å². The van der Waals surface area contributed by atoms with E-state index in [0.717, 1.165) is 71.0 Å². The van der Waals surface area contributed by atoms with Crippen molar-refractivity contribution in [2.45, 2.75) is 82.8 Å². The van der Waals surface area contributed by atoms with Gasteiger partial charge < -0.3 is 20.4 Å². The Hall–Kier alpha value is -1.79. The average Bonchev–Trinajstić information content (AvgIpc) is 2.63.